The molecule has 0 aliphatic carbocycles. The van der Waals surface area contributed by atoms with Crippen LogP contribution in [0.1, 0.15) is 18.9 Å². The highest BCUT2D eigenvalue weighted by Gasteiger charge is 2.30. The van der Waals surface area contributed by atoms with Crippen LogP contribution in [0.15, 0.2) is 63.6 Å². The third-order valence-electron chi connectivity index (χ3n) is 4.03. The SMILES string of the molecule is CC(=O)Nc1ccc(S(=O)(=O)Oc2ccc(/C=N\N=C3/NC(=O)[C@H](CC(=O)[O-])S3)cc2)cc1. The molecule has 11 nitrogen and oxygen atoms in total. The molecule has 2 N–H and O–H groups in total. The lowest BCUT2D eigenvalue weighted by atomic mass is 10.2. The van der Waals surface area contributed by atoms with Gasteiger partial charge in [0, 0.05) is 25.0 Å². The van der Waals surface area contributed by atoms with Crippen LogP contribution in [0.3, 0.4) is 0 Å². The van der Waals surface area contributed by atoms with Crippen molar-refractivity contribution in [2.45, 2.75) is 23.5 Å². The lowest BCUT2D eigenvalue weighted by molar-refractivity contribution is -0.305. The Morgan fingerprint density at radius 3 is 2.45 bits per heavy atom. The summed E-state index contributed by atoms with van der Waals surface area (Å²) in [6.45, 7) is 1.34. The average Bonchev–Trinajstić information content (AvgIpc) is 3.07. The van der Waals surface area contributed by atoms with E-state index in [0.717, 1.165) is 11.8 Å². The number of nitrogens with zero attached hydrogens (tertiary/aromatic N) is 2. The van der Waals surface area contributed by atoms with Crippen LogP contribution in [-0.2, 0) is 24.5 Å². The predicted octanol–water partition coefficient (Wildman–Crippen LogP) is 0.474. The summed E-state index contributed by atoms with van der Waals surface area (Å²) in [5, 5.41) is 22.6. The predicted molar refractivity (Wildman–Crippen MR) is 119 cm³/mol. The molecule has 2 aromatic carbocycles. The zero-order chi connectivity index (χ0) is 24.0. The van der Waals surface area contributed by atoms with Gasteiger partial charge in [-0.15, -0.1) is 5.10 Å². The standard InChI is InChI=1S/C20H18N4O7S2/c1-12(25)22-14-4-8-16(9-5-14)33(29,30)31-15-6-2-13(3-7-15)11-21-24-20-23-19(28)17(32-20)10-18(26)27/h2-9,11,17H,10H2,1H3,(H,22,25)(H,26,27)(H,23,24,28)/p-1/b21-11-/t17-/m0/s1. The van der Waals surface area contributed by atoms with Crippen LogP contribution < -0.4 is 19.9 Å². The number of aliphatic carboxylic acids is 1. The second-order valence-corrected chi connectivity index (χ2v) is 9.37. The van der Waals surface area contributed by atoms with E-state index >= 15 is 0 Å². The number of hydrogen-bond donors (Lipinski definition) is 2. The first-order chi connectivity index (χ1) is 15.6. The molecule has 2 amide bonds. The van der Waals surface area contributed by atoms with Crippen LogP contribution in [0.2, 0.25) is 0 Å². The molecule has 172 valence electrons. The van der Waals surface area contributed by atoms with Crippen molar-refractivity contribution in [3.63, 3.8) is 0 Å². The number of carbonyl (C=O) groups excluding carboxylic acids is 3. The molecule has 0 saturated carbocycles. The molecule has 3 rings (SSSR count). The zero-order valence-electron chi connectivity index (χ0n) is 17.0. The fraction of sp³-hybridized carbons (Fsp3) is 0.150. The minimum atomic E-state index is -4.08. The Labute approximate surface area is 193 Å². The fourth-order valence-corrected chi connectivity index (χ4v) is 4.42. The zero-order valence-corrected chi connectivity index (χ0v) is 18.7. The molecule has 1 heterocycles. The highest BCUT2D eigenvalue weighted by atomic mass is 32.2. The minimum absolute atomic E-state index is 0.0770. The van der Waals surface area contributed by atoms with E-state index in [0.29, 0.717) is 11.3 Å². The normalized spacial score (nSPS) is 17.2. The molecule has 1 saturated heterocycles. The summed E-state index contributed by atoms with van der Waals surface area (Å²) in [6.07, 6.45) is 0.938. The van der Waals surface area contributed by atoms with E-state index in [9.17, 15) is 27.9 Å². The molecule has 0 bridgehead atoms. The van der Waals surface area contributed by atoms with Gasteiger partial charge in [-0.1, -0.05) is 11.8 Å². The molecule has 1 atom stereocenters. The molecule has 33 heavy (non-hydrogen) atoms. The number of carbonyl (C=O) groups is 3. The van der Waals surface area contributed by atoms with Gasteiger partial charge in [-0.05, 0) is 54.1 Å². The molecule has 13 heteroatoms. The van der Waals surface area contributed by atoms with Crippen LogP contribution in [0, 0.1) is 0 Å². The summed E-state index contributed by atoms with van der Waals surface area (Å²) in [5.41, 5.74) is 1.03. The van der Waals surface area contributed by atoms with Gasteiger partial charge < -0.3 is 24.7 Å². The lowest BCUT2D eigenvalue weighted by Crippen LogP contribution is -2.31. The van der Waals surface area contributed by atoms with Gasteiger partial charge in [0.05, 0.1) is 11.5 Å². The number of benzene rings is 2. The topological polar surface area (TPSA) is 166 Å². The number of thioether (sulfide) groups is 1. The number of carboxylic acid groups (broad SMARTS) is 1. The Balaban J connectivity index is 1.60. The number of amidine groups is 1. The first-order valence-electron chi connectivity index (χ1n) is 9.33. The van der Waals surface area contributed by atoms with Crippen molar-refractivity contribution in [2.75, 3.05) is 5.32 Å². The molecule has 0 unspecified atom stereocenters. The Bertz CT molecular complexity index is 1220. The first kappa shape index (κ1) is 23.9. The Morgan fingerprint density at radius 2 is 1.85 bits per heavy atom. The maximum Gasteiger partial charge on any atom is 0.339 e. The van der Waals surface area contributed by atoms with Crippen molar-refractivity contribution in [1.82, 2.24) is 5.32 Å². The number of anilines is 1. The summed E-state index contributed by atoms with van der Waals surface area (Å²) < 4.78 is 30.0. The fourth-order valence-electron chi connectivity index (χ4n) is 2.58. The second kappa shape index (κ2) is 10.3. The molecule has 0 aromatic heterocycles. The van der Waals surface area contributed by atoms with Crippen molar-refractivity contribution >= 4 is 56.7 Å². The van der Waals surface area contributed by atoms with Crippen LogP contribution in [-0.4, -0.2) is 42.8 Å². The smallest absolute Gasteiger partial charge is 0.339 e. The molecule has 1 fully saturated rings. The molecule has 0 spiro atoms. The van der Waals surface area contributed by atoms with Crippen LogP contribution in [0.25, 0.3) is 0 Å². The number of nitrogens with one attached hydrogen (secondary N) is 2. The van der Waals surface area contributed by atoms with Crippen LogP contribution >= 0.6 is 11.8 Å². The minimum Gasteiger partial charge on any atom is -0.550 e. The molecular weight excluding hydrogens is 472 g/mol. The number of rotatable bonds is 8. The maximum absolute atomic E-state index is 12.4. The third kappa shape index (κ3) is 6.89. The van der Waals surface area contributed by atoms with Gasteiger partial charge >= 0.3 is 10.1 Å². The second-order valence-electron chi connectivity index (χ2n) is 6.63. The van der Waals surface area contributed by atoms with Gasteiger partial charge in [-0.25, -0.2) is 0 Å². The number of amides is 2. The highest BCUT2D eigenvalue weighted by molar-refractivity contribution is 8.15. The molecule has 1 aliphatic rings. The van der Waals surface area contributed by atoms with Gasteiger partial charge in [0.25, 0.3) is 0 Å². The lowest BCUT2D eigenvalue weighted by Gasteiger charge is -2.08. The van der Waals surface area contributed by atoms with E-state index in [-0.39, 0.29) is 21.7 Å². The van der Waals surface area contributed by atoms with Gasteiger partial charge in [-0.3, -0.25) is 9.59 Å². The quantitative estimate of drug-likeness (QED) is 0.307. The van der Waals surface area contributed by atoms with Crippen molar-refractivity contribution in [3.05, 3.63) is 54.1 Å². The van der Waals surface area contributed by atoms with Crippen molar-refractivity contribution in [2.24, 2.45) is 10.2 Å². The summed E-state index contributed by atoms with van der Waals surface area (Å²) in [4.78, 5) is 33.2. The van der Waals surface area contributed by atoms with Crippen molar-refractivity contribution in [3.8, 4) is 5.75 Å². The number of carboxylic acids is 1. The van der Waals surface area contributed by atoms with Gasteiger partial charge in [-0.2, -0.15) is 13.5 Å². The highest BCUT2D eigenvalue weighted by Crippen LogP contribution is 2.22. The van der Waals surface area contributed by atoms with Crippen LogP contribution in [0.5, 0.6) is 5.75 Å². The monoisotopic (exact) mass is 489 g/mol. The van der Waals surface area contributed by atoms with E-state index in [1.54, 1.807) is 12.1 Å². The van der Waals surface area contributed by atoms with Crippen molar-refractivity contribution < 1.29 is 32.1 Å². The first-order valence-corrected chi connectivity index (χ1v) is 11.6. The summed E-state index contributed by atoms with van der Waals surface area (Å²) in [5.74, 6) is -2.01. The van der Waals surface area contributed by atoms with E-state index < -0.39 is 33.7 Å². The molecular formula is C20H17N4O7S2-. The molecule has 0 radical (unpaired) electrons. The Morgan fingerprint density at radius 1 is 1.18 bits per heavy atom. The summed E-state index contributed by atoms with van der Waals surface area (Å²) in [6, 6.07) is 11.5. The molecule has 2 aromatic rings. The van der Waals surface area contributed by atoms with E-state index in [1.807, 2.05) is 0 Å². The largest absolute Gasteiger partial charge is 0.550 e. The van der Waals surface area contributed by atoms with E-state index in [1.165, 1.54) is 49.5 Å². The van der Waals surface area contributed by atoms with Gasteiger partial charge in [0.2, 0.25) is 11.8 Å². The number of hydrogen-bond acceptors (Lipinski definition) is 10. The van der Waals surface area contributed by atoms with E-state index in [2.05, 4.69) is 20.8 Å². The summed E-state index contributed by atoms with van der Waals surface area (Å²) in [7, 11) is -4.08. The molecule has 1 aliphatic heterocycles. The van der Waals surface area contributed by atoms with Crippen molar-refractivity contribution in [1.29, 1.82) is 0 Å². The van der Waals surface area contributed by atoms with Gasteiger partial charge in [0.1, 0.15) is 10.6 Å². The average molecular weight is 490 g/mol. The van der Waals surface area contributed by atoms with E-state index in [4.69, 9.17) is 4.18 Å². The Hall–Kier alpha value is -3.71. The van der Waals surface area contributed by atoms with Crippen LogP contribution in [0.4, 0.5) is 5.69 Å². The maximum atomic E-state index is 12.4. The summed E-state index contributed by atoms with van der Waals surface area (Å²) >= 11 is 0.940. The third-order valence-corrected chi connectivity index (χ3v) is 6.37. The Kier molecular flexibility index (Phi) is 7.45. The van der Waals surface area contributed by atoms with Gasteiger partial charge in [0.15, 0.2) is 5.17 Å².